The number of aromatic nitrogens is 2. The van der Waals surface area contributed by atoms with Crippen LogP contribution in [-0.4, -0.2) is 52.2 Å². The molecule has 0 spiro atoms. The summed E-state index contributed by atoms with van der Waals surface area (Å²) in [6.07, 6.45) is 1.46. The molecule has 25 heavy (non-hydrogen) atoms. The summed E-state index contributed by atoms with van der Waals surface area (Å²) in [5.41, 5.74) is 7.04. The number of nitrogens with two attached hydrogens (primary N) is 1. The second-order valence-corrected chi connectivity index (χ2v) is 7.16. The normalized spacial score (nSPS) is 17.8. The molecule has 7 nitrogen and oxygen atoms in total. The lowest BCUT2D eigenvalue weighted by Crippen LogP contribution is -2.57. The van der Waals surface area contributed by atoms with Gasteiger partial charge in [-0.3, -0.25) is 9.36 Å². The standard InChI is InChI=1S/C18H26N4O3/c1-18(2,25-3)15(19)16(23)21-10-8-12(9-11-21)22-14-7-5-4-6-13(14)20-17(22)24/h4-7,12,15H,8-11,19H2,1-3H3,(H,20,24). The minimum Gasteiger partial charge on any atom is -0.377 e. The van der Waals surface area contributed by atoms with Crippen LogP contribution in [0.2, 0.25) is 0 Å². The number of methoxy groups -OCH3 is 1. The first-order chi connectivity index (χ1) is 11.8. The molecule has 1 aliphatic heterocycles. The van der Waals surface area contributed by atoms with Gasteiger partial charge in [-0.25, -0.2) is 4.79 Å². The maximum atomic E-state index is 12.6. The van der Waals surface area contributed by atoms with E-state index >= 15 is 0 Å². The third kappa shape index (κ3) is 3.21. The topological polar surface area (TPSA) is 93.3 Å². The van der Waals surface area contributed by atoms with E-state index in [9.17, 15) is 9.59 Å². The second-order valence-electron chi connectivity index (χ2n) is 7.16. The van der Waals surface area contributed by atoms with Crippen molar-refractivity contribution in [2.75, 3.05) is 20.2 Å². The quantitative estimate of drug-likeness (QED) is 0.871. The summed E-state index contributed by atoms with van der Waals surface area (Å²) in [4.78, 5) is 29.6. The maximum Gasteiger partial charge on any atom is 0.326 e. The summed E-state index contributed by atoms with van der Waals surface area (Å²) < 4.78 is 7.15. The molecule has 1 saturated heterocycles. The highest BCUT2D eigenvalue weighted by Crippen LogP contribution is 2.26. The third-order valence-corrected chi connectivity index (χ3v) is 5.31. The van der Waals surface area contributed by atoms with Crippen molar-refractivity contribution in [1.82, 2.24) is 14.5 Å². The van der Waals surface area contributed by atoms with Crippen LogP contribution in [0.15, 0.2) is 29.1 Å². The summed E-state index contributed by atoms with van der Waals surface area (Å²) in [5, 5.41) is 0. The number of hydrogen-bond donors (Lipinski definition) is 2. The smallest absolute Gasteiger partial charge is 0.326 e. The zero-order valence-corrected chi connectivity index (χ0v) is 15.0. The largest absolute Gasteiger partial charge is 0.377 e. The van der Waals surface area contributed by atoms with Gasteiger partial charge in [0.1, 0.15) is 6.04 Å². The van der Waals surface area contributed by atoms with Gasteiger partial charge in [-0.1, -0.05) is 12.1 Å². The third-order valence-electron chi connectivity index (χ3n) is 5.31. The van der Waals surface area contributed by atoms with Gasteiger partial charge in [0.25, 0.3) is 0 Å². The van der Waals surface area contributed by atoms with Crippen molar-refractivity contribution in [2.45, 2.75) is 44.4 Å². The number of aromatic amines is 1. The van der Waals surface area contributed by atoms with Crippen LogP contribution in [0.5, 0.6) is 0 Å². The number of nitrogens with zero attached hydrogens (tertiary/aromatic N) is 2. The average molecular weight is 346 g/mol. The van der Waals surface area contributed by atoms with E-state index in [1.54, 1.807) is 12.0 Å². The molecule has 3 rings (SSSR count). The lowest BCUT2D eigenvalue weighted by atomic mass is 9.96. The lowest BCUT2D eigenvalue weighted by molar-refractivity contribution is -0.140. The Balaban J connectivity index is 1.73. The predicted molar refractivity (Wildman–Crippen MR) is 96.5 cm³/mol. The molecule has 1 fully saturated rings. The average Bonchev–Trinajstić information content (AvgIpc) is 2.96. The van der Waals surface area contributed by atoms with Crippen LogP contribution in [0.25, 0.3) is 11.0 Å². The van der Waals surface area contributed by atoms with Crippen LogP contribution in [0, 0.1) is 0 Å². The number of imidazole rings is 1. The Hall–Kier alpha value is -2.12. The van der Waals surface area contributed by atoms with Crippen LogP contribution in [0.4, 0.5) is 0 Å². The number of amides is 1. The monoisotopic (exact) mass is 346 g/mol. The van der Waals surface area contributed by atoms with Crippen molar-refractivity contribution in [3.8, 4) is 0 Å². The van der Waals surface area contributed by atoms with Gasteiger partial charge in [-0.2, -0.15) is 0 Å². The number of rotatable bonds is 4. The van der Waals surface area contributed by atoms with Gasteiger partial charge < -0.3 is 20.4 Å². The molecule has 3 N–H and O–H groups in total. The summed E-state index contributed by atoms with van der Waals surface area (Å²) in [6.45, 7) is 4.80. The molecule has 1 amide bonds. The Morgan fingerprint density at radius 3 is 2.60 bits per heavy atom. The first kappa shape index (κ1) is 17.7. The van der Waals surface area contributed by atoms with Gasteiger partial charge in [-0.15, -0.1) is 0 Å². The van der Waals surface area contributed by atoms with Crippen molar-refractivity contribution in [1.29, 1.82) is 0 Å². The minimum absolute atomic E-state index is 0.0827. The predicted octanol–water partition coefficient (Wildman–Crippen LogP) is 1.25. The zero-order valence-electron chi connectivity index (χ0n) is 15.0. The van der Waals surface area contributed by atoms with Gasteiger partial charge in [0, 0.05) is 26.2 Å². The van der Waals surface area contributed by atoms with E-state index in [1.807, 2.05) is 42.7 Å². The van der Waals surface area contributed by atoms with Gasteiger partial charge in [-0.05, 0) is 38.8 Å². The molecule has 2 aromatic rings. The van der Waals surface area contributed by atoms with Gasteiger partial charge in [0.05, 0.1) is 16.6 Å². The van der Waals surface area contributed by atoms with Crippen LogP contribution in [0.3, 0.4) is 0 Å². The Morgan fingerprint density at radius 1 is 1.32 bits per heavy atom. The summed E-state index contributed by atoms with van der Waals surface area (Å²) in [5.74, 6) is -0.100. The molecule has 136 valence electrons. The molecule has 7 heteroatoms. The highest BCUT2D eigenvalue weighted by molar-refractivity contribution is 5.83. The zero-order chi connectivity index (χ0) is 18.2. The molecule has 1 atom stereocenters. The van der Waals surface area contributed by atoms with E-state index in [-0.39, 0.29) is 17.6 Å². The fraction of sp³-hybridized carbons (Fsp3) is 0.556. The molecular formula is C18H26N4O3. The number of fused-ring (bicyclic) bond motifs is 1. The van der Waals surface area contributed by atoms with E-state index < -0.39 is 11.6 Å². The molecule has 1 unspecified atom stereocenters. The number of hydrogen-bond acceptors (Lipinski definition) is 4. The van der Waals surface area contributed by atoms with E-state index in [1.165, 1.54) is 0 Å². The molecule has 2 heterocycles. The highest BCUT2D eigenvalue weighted by atomic mass is 16.5. The van der Waals surface area contributed by atoms with Crippen molar-refractivity contribution >= 4 is 16.9 Å². The van der Waals surface area contributed by atoms with Crippen LogP contribution in [-0.2, 0) is 9.53 Å². The Kier molecular flexibility index (Phi) is 4.71. The van der Waals surface area contributed by atoms with Crippen molar-refractivity contribution in [3.63, 3.8) is 0 Å². The summed E-state index contributed by atoms with van der Waals surface area (Å²) in [7, 11) is 1.56. The minimum atomic E-state index is -0.707. The second kappa shape index (κ2) is 6.65. The summed E-state index contributed by atoms with van der Waals surface area (Å²) in [6, 6.07) is 7.06. The van der Waals surface area contributed by atoms with Crippen LogP contribution < -0.4 is 11.4 Å². The number of piperidine rings is 1. The van der Waals surface area contributed by atoms with E-state index in [4.69, 9.17) is 10.5 Å². The lowest BCUT2D eigenvalue weighted by Gasteiger charge is -2.37. The fourth-order valence-electron chi connectivity index (χ4n) is 3.40. The molecule has 0 aliphatic carbocycles. The number of nitrogens with one attached hydrogen (secondary N) is 1. The molecule has 0 bridgehead atoms. The number of benzene rings is 1. The van der Waals surface area contributed by atoms with Crippen LogP contribution >= 0.6 is 0 Å². The molecule has 1 aliphatic rings. The van der Waals surface area contributed by atoms with E-state index in [0.29, 0.717) is 13.1 Å². The molecule has 0 radical (unpaired) electrons. The maximum absolute atomic E-state index is 12.6. The van der Waals surface area contributed by atoms with Crippen molar-refractivity contribution in [3.05, 3.63) is 34.7 Å². The Labute approximate surface area is 146 Å². The summed E-state index contributed by atoms with van der Waals surface area (Å²) >= 11 is 0. The molecule has 0 saturated carbocycles. The van der Waals surface area contributed by atoms with Crippen LogP contribution in [0.1, 0.15) is 32.7 Å². The van der Waals surface area contributed by atoms with Gasteiger partial charge >= 0.3 is 5.69 Å². The van der Waals surface area contributed by atoms with E-state index in [0.717, 1.165) is 23.9 Å². The number of H-pyrrole nitrogens is 1. The first-order valence-corrected chi connectivity index (χ1v) is 8.64. The van der Waals surface area contributed by atoms with Crippen molar-refractivity contribution < 1.29 is 9.53 Å². The number of likely N-dealkylation sites (tertiary alicyclic amines) is 1. The number of ether oxygens (including phenoxy) is 1. The number of carbonyl (C=O) groups is 1. The number of carbonyl (C=O) groups excluding carboxylic acids is 1. The van der Waals surface area contributed by atoms with E-state index in [2.05, 4.69) is 4.98 Å². The highest BCUT2D eigenvalue weighted by Gasteiger charge is 2.36. The fourth-order valence-corrected chi connectivity index (χ4v) is 3.40. The van der Waals surface area contributed by atoms with Gasteiger partial charge in [0.15, 0.2) is 0 Å². The Bertz CT molecular complexity index is 815. The van der Waals surface area contributed by atoms with Gasteiger partial charge in [0.2, 0.25) is 5.91 Å². The molecule has 1 aromatic heterocycles. The SMILES string of the molecule is COC(C)(C)C(N)C(=O)N1CCC(n2c(=O)[nH]c3ccccc32)CC1. The molecule has 1 aromatic carbocycles. The first-order valence-electron chi connectivity index (χ1n) is 8.64. The number of para-hydroxylation sites is 2. The molecular weight excluding hydrogens is 320 g/mol. The Morgan fingerprint density at radius 2 is 1.96 bits per heavy atom. The van der Waals surface area contributed by atoms with Crippen molar-refractivity contribution in [2.24, 2.45) is 5.73 Å².